The molecule has 0 heterocycles. The molecule has 0 aliphatic carbocycles. The van der Waals surface area contributed by atoms with E-state index in [1.165, 1.54) is 12.1 Å². The number of halogens is 2. The molecule has 3 heteroatoms. The first-order valence-electron chi connectivity index (χ1n) is 5.07. The zero-order chi connectivity index (χ0) is 11.3. The molecule has 0 amide bonds. The molecule has 84 valence electrons. The van der Waals surface area contributed by atoms with Gasteiger partial charge in [0.2, 0.25) is 0 Å². The summed E-state index contributed by atoms with van der Waals surface area (Å²) in [6.07, 6.45) is 0. The average molecular weight is 275 g/mol. The number of hydrogen-bond acceptors (Lipinski definition) is 1. The van der Waals surface area contributed by atoms with E-state index in [0.717, 1.165) is 11.1 Å². The van der Waals surface area contributed by atoms with Crippen LogP contribution in [0.1, 0.15) is 13.8 Å². The maximum absolute atomic E-state index is 12.6. The molecule has 0 aliphatic heterocycles. The van der Waals surface area contributed by atoms with Crippen LogP contribution in [-0.2, 0) is 0 Å². The summed E-state index contributed by atoms with van der Waals surface area (Å²) < 4.78 is 18.2. The van der Waals surface area contributed by atoms with Crippen LogP contribution in [0.25, 0.3) is 0 Å². The summed E-state index contributed by atoms with van der Waals surface area (Å²) >= 11 is 3.46. The van der Waals surface area contributed by atoms with Gasteiger partial charge in [-0.25, -0.2) is 4.39 Å². The van der Waals surface area contributed by atoms with Crippen LogP contribution in [0, 0.1) is 17.7 Å². The van der Waals surface area contributed by atoms with Gasteiger partial charge in [0.05, 0.1) is 6.61 Å². The summed E-state index contributed by atoms with van der Waals surface area (Å²) in [6.45, 7) is 4.99. The van der Waals surface area contributed by atoms with E-state index in [0.29, 0.717) is 18.4 Å². The molecule has 0 aromatic heterocycles. The van der Waals surface area contributed by atoms with E-state index in [1.54, 1.807) is 12.1 Å². The predicted octanol–water partition coefficient (Wildman–Crippen LogP) is 3.87. The van der Waals surface area contributed by atoms with Crippen LogP contribution < -0.4 is 4.74 Å². The molecule has 0 fully saturated rings. The molecule has 1 nitrogen and oxygen atoms in total. The van der Waals surface area contributed by atoms with Crippen molar-refractivity contribution in [2.75, 3.05) is 11.9 Å². The lowest BCUT2D eigenvalue weighted by molar-refractivity contribution is 0.227. The van der Waals surface area contributed by atoms with E-state index in [9.17, 15) is 4.39 Å². The zero-order valence-electron chi connectivity index (χ0n) is 9.04. The van der Waals surface area contributed by atoms with Gasteiger partial charge in [-0.2, -0.15) is 0 Å². The number of hydrogen-bond donors (Lipinski definition) is 0. The molecule has 0 aliphatic rings. The molecular weight excluding hydrogens is 259 g/mol. The fourth-order valence-corrected chi connectivity index (χ4v) is 2.08. The quantitative estimate of drug-likeness (QED) is 0.741. The summed E-state index contributed by atoms with van der Waals surface area (Å²) in [6, 6.07) is 6.13. The average Bonchev–Trinajstić information content (AvgIpc) is 2.21. The van der Waals surface area contributed by atoms with Crippen LogP contribution in [0.5, 0.6) is 5.75 Å². The maximum atomic E-state index is 12.6. The normalized spacial score (nSPS) is 12.9. The fraction of sp³-hybridized carbons (Fsp3) is 0.500. The Morgan fingerprint density at radius 2 is 1.87 bits per heavy atom. The monoisotopic (exact) mass is 274 g/mol. The van der Waals surface area contributed by atoms with Crippen LogP contribution in [0.15, 0.2) is 24.3 Å². The second-order valence-corrected chi connectivity index (χ2v) is 4.57. The van der Waals surface area contributed by atoms with E-state index in [2.05, 4.69) is 29.8 Å². The van der Waals surface area contributed by atoms with E-state index < -0.39 is 0 Å². The highest BCUT2D eigenvalue weighted by Gasteiger charge is 2.12. The third-order valence-corrected chi connectivity index (χ3v) is 3.25. The summed E-state index contributed by atoms with van der Waals surface area (Å²) in [5.41, 5.74) is 0. The van der Waals surface area contributed by atoms with Crippen LogP contribution in [-0.4, -0.2) is 11.9 Å². The first kappa shape index (κ1) is 12.5. The van der Waals surface area contributed by atoms with Crippen LogP contribution in [0.2, 0.25) is 0 Å². The van der Waals surface area contributed by atoms with E-state index in [4.69, 9.17) is 4.74 Å². The molecule has 0 N–H and O–H groups in total. The Morgan fingerprint density at radius 1 is 1.27 bits per heavy atom. The van der Waals surface area contributed by atoms with Gasteiger partial charge in [-0.05, 0) is 30.2 Å². The van der Waals surface area contributed by atoms with Crippen molar-refractivity contribution in [2.24, 2.45) is 11.8 Å². The molecule has 1 unspecified atom stereocenters. The minimum absolute atomic E-state index is 0.233. The molecule has 0 saturated heterocycles. The van der Waals surface area contributed by atoms with Gasteiger partial charge in [-0.3, -0.25) is 0 Å². The first-order valence-corrected chi connectivity index (χ1v) is 6.20. The van der Waals surface area contributed by atoms with Crippen molar-refractivity contribution < 1.29 is 9.13 Å². The van der Waals surface area contributed by atoms with E-state index >= 15 is 0 Å². The summed E-state index contributed by atoms with van der Waals surface area (Å²) in [5.74, 6) is 1.55. The lowest BCUT2D eigenvalue weighted by Crippen LogP contribution is -2.19. The van der Waals surface area contributed by atoms with Crippen molar-refractivity contribution in [3.05, 3.63) is 30.1 Å². The zero-order valence-corrected chi connectivity index (χ0v) is 10.6. The molecule has 15 heavy (non-hydrogen) atoms. The molecule has 0 radical (unpaired) electrons. The van der Waals surface area contributed by atoms with E-state index in [1.807, 2.05) is 0 Å². The molecule has 1 atom stereocenters. The molecule has 0 bridgehead atoms. The van der Waals surface area contributed by atoms with E-state index in [-0.39, 0.29) is 5.82 Å². The van der Waals surface area contributed by atoms with Crippen LogP contribution in [0.3, 0.4) is 0 Å². The third kappa shape index (κ3) is 4.20. The molecule has 1 rings (SSSR count). The Kier molecular flexibility index (Phi) is 5.09. The maximum Gasteiger partial charge on any atom is 0.123 e. The van der Waals surface area contributed by atoms with Crippen LogP contribution in [0.4, 0.5) is 4.39 Å². The van der Waals surface area contributed by atoms with Gasteiger partial charge in [-0.1, -0.05) is 29.8 Å². The van der Waals surface area contributed by atoms with Gasteiger partial charge in [0.1, 0.15) is 11.6 Å². The summed E-state index contributed by atoms with van der Waals surface area (Å²) in [7, 11) is 0. The highest BCUT2D eigenvalue weighted by atomic mass is 79.9. The van der Waals surface area contributed by atoms with Crippen molar-refractivity contribution in [3.8, 4) is 5.75 Å². The second-order valence-electron chi connectivity index (χ2n) is 3.92. The Bertz CT molecular complexity index is 284. The molecular formula is C12H16BrFO. The largest absolute Gasteiger partial charge is 0.493 e. The van der Waals surface area contributed by atoms with Gasteiger partial charge < -0.3 is 4.74 Å². The molecule has 1 aromatic carbocycles. The number of ether oxygens (including phenoxy) is 1. The minimum Gasteiger partial charge on any atom is -0.493 e. The third-order valence-electron chi connectivity index (χ3n) is 2.42. The number of alkyl halides is 1. The van der Waals surface area contributed by atoms with Crippen molar-refractivity contribution in [2.45, 2.75) is 13.8 Å². The highest BCUT2D eigenvalue weighted by Crippen LogP contribution is 2.17. The van der Waals surface area contributed by atoms with Crippen molar-refractivity contribution >= 4 is 15.9 Å². The molecule has 1 aromatic rings. The van der Waals surface area contributed by atoms with Crippen molar-refractivity contribution in [1.82, 2.24) is 0 Å². The SMILES string of the molecule is CC(C)C(CBr)COc1ccc(F)cc1. The molecule has 0 spiro atoms. The second kappa shape index (κ2) is 6.11. The summed E-state index contributed by atoms with van der Waals surface area (Å²) in [4.78, 5) is 0. The molecule has 0 saturated carbocycles. The number of rotatable bonds is 5. The minimum atomic E-state index is -0.233. The number of benzene rings is 1. The van der Waals surface area contributed by atoms with Gasteiger partial charge in [-0.15, -0.1) is 0 Å². The highest BCUT2D eigenvalue weighted by molar-refractivity contribution is 9.09. The van der Waals surface area contributed by atoms with Gasteiger partial charge in [0, 0.05) is 11.2 Å². The Hall–Kier alpha value is -0.570. The van der Waals surface area contributed by atoms with Crippen molar-refractivity contribution in [1.29, 1.82) is 0 Å². The van der Waals surface area contributed by atoms with Gasteiger partial charge >= 0.3 is 0 Å². The fourth-order valence-electron chi connectivity index (χ4n) is 1.15. The Labute approximate surface area is 98.8 Å². The topological polar surface area (TPSA) is 9.23 Å². The van der Waals surface area contributed by atoms with Gasteiger partial charge in [0.15, 0.2) is 0 Å². The summed E-state index contributed by atoms with van der Waals surface area (Å²) in [5, 5.41) is 0.922. The lowest BCUT2D eigenvalue weighted by atomic mass is 9.99. The van der Waals surface area contributed by atoms with Gasteiger partial charge in [0.25, 0.3) is 0 Å². The predicted molar refractivity (Wildman–Crippen MR) is 64.0 cm³/mol. The Morgan fingerprint density at radius 3 is 2.33 bits per heavy atom. The lowest BCUT2D eigenvalue weighted by Gasteiger charge is -2.18. The first-order chi connectivity index (χ1) is 7.13. The standard InChI is InChI=1S/C12H16BrFO/c1-9(2)10(7-13)8-15-12-5-3-11(14)4-6-12/h3-6,9-10H,7-8H2,1-2H3. The van der Waals surface area contributed by atoms with Crippen LogP contribution >= 0.6 is 15.9 Å². The Balaban J connectivity index is 2.45. The smallest absolute Gasteiger partial charge is 0.123 e. The van der Waals surface area contributed by atoms with Crippen molar-refractivity contribution in [3.63, 3.8) is 0 Å².